The molecule has 0 saturated carbocycles. The predicted octanol–water partition coefficient (Wildman–Crippen LogP) is 3.25. The van der Waals surface area contributed by atoms with E-state index in [4.69, 9.17) is 4.74 Å². The van der Waals surface area contributed by atoms with Crippen LogP contribution in [0.4, 0.5) is 0 Å². The van der Waals surface area contributed by atoms with Crippen LogP contribution in [0.15, 0.2) is 71.7 Å². The molecule has 0 unspecified atom stereocenters. The third-order valence-corrected chi connectivity index (χ3v) is 4.46. The third-order valence-electron chi connectivity index (χ3n) is 4.46. The fraction of sp³-hybridized carbons (Fsp3) is 0.100. The molecule has 1 aliphatic carbocycles. The molecule has 1 aliphatic rings. The number of ether oxygens (including phenoxy) is 1. The number of nitrogens with zero attached hydrogens (tertiary/aromatic N) is 1. The lowest BCUT2D eigenvalue weighted by atomic mass is 10.0. The van der Waals surface area contributed by atoms with Crippen molar-refractivity contribution >= 4 is 5.97 Å². The van der Waals surface area contributed by atoms with Crippen LogP contribution in [-0.4, -0.2) is 17.6 Å². The highest BCUT2D eigenvalue weighted by molar-refractivity contribution is 5.89. The van der Waals surface area contributed by atoms with Gasteiger partial charge >= 0.3 is 5.97 Å². The normalized spacial score (nSPS) is 12.5. The van der Waals surface area contributed by atoms with Crippen LogP contribution in [0.3, 0.4) is 0 Å². The molecule has 0 fully saturated rings. The first-order valence-electron chi connectivity index (χ1n) is 7.70. The van der Waals surface area contributed by atoms with Gasteiger partial charge in [-0.1, -0.05) is 48.5 Å². The van der Waals surface area contributed by atoms with Crippen molar-refractivity contribution in [3.8, 4) is 11.1 Å². The van der Waals surface area contributed by atoms with Crippen LogP contribution in [-0.2, 0) is 4.74 Å². The Morgan fingerprint density at radius 2 is 1.50 bits per heavy atom. The standard InChI is InChI=1S/C20H15NO3/c1-24-20(23)17-11-6-12-21(19(17)22)18-15-9-4-2-7-13(15)14-8-3-5-10-16(14)18/h2-12,18H,1H3. The molecule has 0 amide bonds. The molecule has 1 heterocycles. The maximum Gasteiger partial charge on any atom is 0.343 e. The molecule has 4 heteroatoms. The van der Waals surface area contributed by atoms with E-state index in [-0.39, 0.29) is 17.2 Å². The maximum absolute atomic E-state index is 12.8. The van der Waals surface area contributed by atoms with Crippen molar-refractivity contribution in [2.45, 2.75) is 6.04 Å². The van der Waals surface area contributed by atoms with Gasteiger partial charge in [-0.25, -0.2) is 4.79 Å². The van der Waals surface area contributed by atoms with Gasteiger partial charge in [-0.05, 0) is 34.4 Å². The lowest BCUT2D eigenvalue weighted by Gasteiger charge is -2.17. The number of aromatic nitrogens is 1. The fourth-order valence-electron chi connectivity index (χ4n) is 3.41. The second kappa shape index (κ2) is 5.49. The summed E-state index contributed by atoms with van der Waals surface area (Å²) in [7, 11) is 1.28. The minimum absolute atomic E-state index is 0.0434. The quantitative estimate of drug-likeness (QED) is 0.533. The topological polar surface area (TPSA) is 48.3 Å². The SMILES string of the molecule is COC(=O)c1cccn(C2c3ccccc3-c3ccccc32)c1=O. The second-order valence-electron chi connectivity index (χ2n) is 5.70. The summed E-state index contributed by atoms with van der Waals surface area (Å²) in [6, 6.07) is 19.0. The van der Waals surface area contributed by atoms with Gasteiger partial charge in [0.2, 0.25) is 0 Å². The van der Waals surface area contributed by atoms with Gasteiger partial charge in [-0.15, -0.1) is 0 Å². The summed E-state index contributed by atoms with van der Waals surface area (Å²) < 4.78 is 6.33. The zero-order chi connectivity index (χ0) is 16.7. The number of benzene rings is 2. The summed E-state index contributed by atoms with van der Waals surface area (Å²) in [5.41, 5.74) is 4.05. The van der Waals surface area contributed by atoms with E-state index in [9.17, 15) is 9.59 Å². The first kappa shape index (κ1) is 14.5. The van der Waals surface area contributed by atoms with Gasteiger partial charge in [0.15, 0.2) is 0 Å². The molecule has 24 heavy (non-hydrogen) atoms. The van der Waals surface area contributed by atoms with Crippen molar-refractivity contribution in [2.75, 3.05) is 7.11 Å². The number of carbonyl (C=O) groups is 1. The maximum atomic E-state index is 12.8. The third kappa shape index (κ3) is 2.00. The molecule has 118 valence electrons. The molecule has 0 aliphatic heterocycles. The molecule has 0 spiro atoms. The van der Waals surface area contributed by atoms with E-state index in [1.54, 1.807) is 16.8 Å². The predicted molar refractivity (Wildman–Crippen MR) is 91.2 cm³/mol. The number of carbonyl (C=O) groups excluding carboxylic acids is 1. The van der Waals surface area contributed by atoms with E-state index in [0.717, 1.165) is 22.3 Å². The largest absolute Gasteiger partial charge is 0.465 e. The Bertz CT molecular complexity index is 958. The lowest BCUT2D eigenvalue weighted by molar-refractivity contribution is 0.0598. The van der Waals surface area contributed by atoms with Crippen molar-refractivity contribution < 1.29 is 9.53 Å². The Hall–Kier alpha value is -3.14. The summed E-state index contributed by atoms with van der Waals surface area (Å²) in [6.07, 6.45) is 1.72. The number of pyridine rings is 1. The van der Waals surface area contributed by atoms with E-state index in [1.165, 1.54) is 13.2 Å². The number of methoxy groups -OCH3 is 1. The fourth-order valence-corrected chi connectivity index (χ4v) is 3.41. The van der Waals surface area contributed by atoms with E-state index in [2.05, 4.69) is 12.1 Å². The zero-order valence-electron chi connectivity index (χ0n) is 13.1. The molecule has 0 radical (unpaired) electrons. The minimum Gasteiger partial charge on any atom is -0.465 e. The Morgan fingerprint density at radius 1 is 0.917 bits per heavy atom. The van der Waals surface area contributed by atoms with Gasteiger partial charge in [0.05, 0.1) is 13.2 Å². The van der Waals surface area contributed by atoms with Gasteiger partial charge in [0.25, 0.3) is 5.56 Å². The summed E-state index contributed by atoms with van der Waals surface area (Å²) in [6.45, 7) is 0. The Morgan fingerprint density at radius 3 is 2.08 bits per heavy atom. The van der Waals surface area contributed by atoms with Crippen LogP contribution in [0, 0.1) is 0 Å². The number of fused-ring (bicyclic) bond motifs is 3. The molecule has 1 aromatic heterocycles. The first-order chi connectivity index (χ1) is 11.7. The Kier molecular flexibility index (Phi) is 3.31. The Labute approximate surface area is 139 Å². The minimum atomic E-state index is -0.617. The van der Waals surface area contributed by atoms with Crippen molar-refractivity contribution in [2.24, 2.45) is 0 Å². The van der Waals surface area contributed by atoms with E-state index in [0.29, 0.717) is 0 Å². The van der Waals surface area contributed by atoms with Crippen LogP contribution < -0.4 is 5.56 Å². The van der Waals surface area contributed by atoms with Crippen LogP contribution in [0.1, 0.15) is 27.5 Å². The van der Waals surface area contributed by atoms with Gasteiger partial charge in [-0.2, -0.15) is 0 Å². The molecule has 0 N–H and O–H groups in total. The molecule has 4 rings (SSSR count). The number of rotatable bonds is 2. The summed E-state index contributed by atoms with van der Waals surface area (Å²) in [5, 5.41) is 0. The summed E-state index contributed by atoms with van der Waals surface area (Å²) in [4.78, 5) is 24.7. The van der Waals surface area contributed by atoms with Crippen molar-refractivity contribution in [3.05, 3.63) is 93.9 Å². The molecule has 2 aromatic carbocycles. The highest BCUT2D eigenvalue weighted by Gasteiger charge is 2.30. The van der Waals surface area contributed by atoms with Gasteiger partial charge in [0.1, 0.15) is 5.56 Å². The lowest BCUT2D eigenvalue weighted by Crippen LogP contribution is -2.29. The molecule has 3 aromatic rings. The molecular formula is C20H15NO3. The summed E-state index contributed by atoms with van der Waals surface area (Å²) in [5.74, 6) is -0.617. The van der Waals surface area contributed by atoms with Crippen molar-refractivity contribution in [3.63, 3.8) is 0 Å². The van der Waals surface area contributed by atoms with Crippen molar-refractivity contribution in [1.29, 1.82) is 0 Å². The first-order valence-corrected chi connectivity index (χ1v) is 7.70. The summed E-state index contributed by atoms with van der Waals surface area (Å²) >= 11 is 0. The van der Waals surface area contributed by atoms with Crippen LogP contribution in [0.25, 0.3) is 11.1 Å². The Balaban J connectivity index is 1.98. The molecule has 0 saturated heterocycles. The van der Waals surface area contributed by atoms with E-state index in [1.807, 2.05) is 36.4 Å². The monoisotopic (exact) mass is 317 g/mol. The van der Waals surface area contributed by atoms with Crippen LogP contribution in [0.2, 0.25) is 0 Å². The molecule has 4 nitrogen and oxygen atoms in total. The highest BCUT2D eigenvalue weighted by Crippen LogP contribution is 2.44. The van der Waals surface area contributed by atoms with E-state index < -0.39 is 5.97 Å². The van der Waals surface area contributed by atoms with Crippen LogP contribution >= 0.6 is 0 Å². The average Bonchev–Trinajstić information content (AvgIpc) is 2.96. The van der Waals surface area contributed by atoms with Gasteiger partial charge in [-0.3, -0.25) is 4.79 Å². The average molecular weight is 317 g/mol. The van der Waals surface area contributed by atoms with E-state index >= 15 is 0 Å². The van der Waals surface area contributed by atoms with Crippen LogP contribution in [0.5, 0.6) is 0 Å². The highest BCUT2D eigenvalue weighted by atomic mass is 16.5. The van der Waals surface area contributed by atoms with Crippen molar-refractivity contribution in [1.82, 2.24) is 4.57 Å². The molecule has 0 bridgehead atoms. The number of esters is 1. The smallest absolute Gasteiger partial charge is 0.343 e. The van der Waals surface area contributed by atoms with Gasteiger partial charge < -0.3 is 9.30 Å². The zero-order valence-corrected chi connectivity index (χ0v) is 13.1. The van der Waals surface area contributed by atoms with Gasteiger partial charge in [0, 0.05) is 6.20 Å². The molecule has 0 atom stereocenters. The molecular weight excluding hydrogens is 302 g/mol. The number of hydrogen-bond acceptors (Lipinski definition) is 3. The second-order valence-corrected chi connectivity index (χ2v) is 5.70. The number of hydrogen-bond donors (Lipinski definition) is 0.